The summed E-state index contributed by atoms with van der Waals surface area (Å²) in [7, 11) is 2.96. The fourth-order valence-corrected chi connectivity index (χ4v) is 12.8. The first-order chi connectivity index (χ1) is 38.2. The van der Waals surface area contributed by atoms with Gasteiger partial charge in [0.2, 0.25) is 0 Å². The van der Waals surface area contributed by atoms with Crippen LogP contribution in [0.4, 0.5) is 0 Å². The molecule has 80 heavy (non-hydrogen) atoms. The highest BCUT2D eigenvalue weighted by Gasteiger charge is 2.58. The first kappa shape index (κ1) is 63.5. The molecule has 8 fully saturated rings. The average Bonchev–Trinajstić information content (AvgIpc) is 3.44. The van der Waals surface area contributed by atoms with E-state index < -0.39 is 203 Å². The molecule has 30 atom stereocenters. The number of allylic oxidation sites excluding steroid dienone is 2. The van der Waals surface area contributed by atoms with Crippen LogP contribution in [0.25, 0.3) is 0 Å². The Bertz CT molecular complexity index is 2020. The Morgan fingerprint density at radius 3 is 1.54 bits per heavy atom. The number of fused-ring (bicyclic) bond motifs is 1. The van der Waals surface area contributed by atoms with Crippen LogP contribution in [0.1, 0.15) is 77.0 Å². The third-order valence-electron chi connectivity index (χ3n) is 17.6. The molecule has 0 bridgehead atoms. The van der Waals surface area contributed by atoms with Gasteiger partial charge in [-0.05, 0) is 76.0 Å². The standard InChI is InChI=1S/C53H84O27/c1-70-33-13-22(3-8-28(33)57)5-11-39(60)72-20-37-42(63)45(66)48(69)52(78-37)80-50-46(67)43(64)38(21-73-40(61)12-6-23-4-9-29(58)34(14-23)71-2)79-53(50)76-35-18-26-31(74-49(35)24-7-10-27(56)30(59)15-24)16-25(55)17-32(26)75-51-47(68)44(65)41(62)36(19-54)77-51/h5-6,11-12,22-38,41-59,62-69H,3-4,7-10,13-21H2,1-2H3/p+1. The van der Waals surface area contributed by atoms with E-state index in [4.69, 9.17) is 52.1 Å². The van der Waals surface area contributed by atoms with E-state index in [0.717, 1.165) is 0 Å². The fourth-order valence-electron chi connectivity index (χ4n) is 12.8. The second-order valence-corrected chi connectivity index (χ2v) is 22.9. The lowest BCUT2D eigenvalue weighted by molar-refractivity contribution is -0.390. The molecule has 4 saturated heterocycles. The van der Waals surface area contributed by atoms with Crippen LogP contribution in [0, 0.1) is 23.7 Å². The third-order valence-corrected chi connectivity index (χ3v) is 17.6. The molecule has 4 heterocycles. The smallest absolute Gasteiger partial charge is 0.330 e. The van der Waals surface area contributed by atoms with Crippen molar-refractivity contribution in [2.45, 2.75) is 236 Å². The molecule has 4 aliphatic heterocycles. The maximum absolute atomic E-state index is 13.2. The van der Waals surface area contributed by atoms with Crippen molar-refractivity contribution in [1.82, 2.24) is 0 Å². The zero-order valence-corrected chi connectivity index (χ0v) is 44.8. The molecule has 15 N–H and O–H groups in total. The number of hydrogen-bond acceptors (Lipinski definition) is 26. The van der Waals surface area contributed by atoms with Crippen molar-refractivity contribution in [3.8, 4) is 0 Å². The Morgan fingerprint density at radius 2 is 0.988 bits per heavy atom. The molecule has 27 nitrogen and oxygen atoms in total. The highest BCUT2D eigenvalue weighted by atomic mass is 16.8. The van der Waals surface area contributed by atoms with Gasteiger partial charge in [0.25, 0.3) is 0 Å². The van der Waals surface area contributed by atoms with Crippen molar-refractivity contribution in [2.24, 2.45) is 23.7 Å². The largest absolute Gasteiger partial charge is 0.460 e. The van der Waals surface area contributed by atoms with E-state index in [0.29, 0.717) is 44.9 Å². The molecule has 0 aromatic carbocycles. The van der Waals surface area contributed by atoms with Crippen molar-refractivity contribution in [3.63, 3.8) is 0 Å². The minimum Gasteiger partial charge on any atom is -0.460 e. The summed E-state index contributed by atoms with van der Waals surface area (Å²) in [6.07, 6.45) is -26.4. The Hall–Kier alpha value is -2.50. The summed E-state index contributed by atoms with van der Waals surface area (Å²) in [6, 6.07) is 0. The molecule has 27 heteroatoms. The average molecular weight is 1150 g/mol. The van der Waals surface area contributed by atoms with Crippen LogP contribution in [0.3, 0.4) is 0 Å². The number of hydrogen-bond donors (Lipinski definition) is 14. The van der Waals surface area contributed by atoms with E-state index >= 15 is 0 Å². The van der Waals surface area contributed by atoms with Crippen LogP contribution in [-0.4, -0.2) is 281 Å². The van der Waals surface area contributed by atoms with Gasteiger partial charge in [-0.15, -0.1) is 0 Å². The van der Waals surface area contributed by atoms with E-state index in [-0.39, 0.29) is 43.9 Å². The Morgan fingerprint density at radius 1 is 0.487 bits per heavy atom. The summed E-state index contributed by atoms with van der Waals surface area (Å²) in [5.41, 5.74) is 0. The van der Waals surface area contributed by atoms with E-state index in [1.165, 1.54) is 26.4 Å². The van der Waals surface area contributed by atoms with E-state index in [2.05, 4.69) is 0 Å². The third kappa shape index (κ3) is 15.1. The first-order valence-electron chi connectivity index (χ1n) is 28.0. The van der Waals surface area contributed by atoms with Crippen molar-refractivity contribution < 1.29 is 133 Å². The Balaban J connectivity index is 1.04. The van der Waals surface area contributed by atoms with Crippen molar-refractivity contribution in [3.05, 3.63) is 24.3 Å². The zero-order chi connectivity index (χ0) is 57.7. The van der Waals surface area contributed by atoms with Crippen LogP contribution in [0.15, 0.2) is 24.3 Å². The quantitative estimate of drug-likeness (QED) is 0.0346. The lowest BCUT2D eigenvalue weighted by atomic mass is 9.72. The van der Waals surface area contributed by atoms with Crippen LogP contribution >= 0.6 is 0 Å². The highest BCUT2D eigenvalue weighted by molar-refractivity contribution is 5.82. The van der Waals surface area contributed by atoms with Crippen LogP contribution in [0.5, 0.6) is 0 Å². The molecule has 0 spiro atoms. The zero-order valence-electron chi connectivity index (χ0n) is 44.8. The number of ether oxygens (including phenoxy) is 11. The molecule has 458 valence electrons. The number of aliphatic hydroxyl groups is 16. The molecule has 0 aromatic rings. The summed E-state index contributed by atoms with van der Waals surface area (Å²) in [5.74, 6) is -3.08. The molecule has 30 unspecified atom stereocenters. The van der Waals surface area contributed by atoms with Crippen LogP contribution in [-0.2, 0) is 57.0 Å². The molecule has 8 rings (SSSR count). The highest BCUT2D eigenvalue weighted by Crippen LogP contribution is 2.45. The normalized spacial score (nSPS) is 48.6. The van der Waals surface area contributed by atoms with Gasteiger partial charge in [-0.3, -0.25) is 0 Å². The van der Waals surface area contributed by atoms with Gasteiger partial charge in [-0.2, -0.15) is 0 Å². The van der Waals surface area contributed by atoms with Gasteiger partial charge in [0, 0.05) is 45.1 Å². The second-order valence-electron chi connectivity index (χ2n) is 22.9. The summed E-state index contributed by atoms with van der Waals surface area (Å²) in [6.45, 7) is -2.06. The summed E-state index contributed by atoms with van der Waals surface area (Å²) >= 11 is 0. The molecule has 4 saturated carbocycles. The summed E-state index contributed by atoms with van der Waals surface area (Å²) in [5, 5.41) is 152. The molecular weight excluding hydrogens is 1070 g/mol. The molecule has 4 aliphatic carbocycles. The lowest BCUT2D eigenvalue weighted by Gasteiger charge is -2.50. The topological polar surface area (TPSA) is 422 Å². The summed E-state index contributed by atoms with van der Waals surface area (Å²) < 4.78 is 64.0. The number of aliphatic hydroxyl groups excluding tert-OH is 14. The minimum atomic E-state index is -2.04. The van der Waals surface area contributed by atoms with Gasteiger partial charge < -0.3 is 124 Å². The van der Waals surface area contributed by atoms with Crippen LogP contribution in [0.2, 0.25) is 0 Å². The van der Waals surface area contributed by atoms with Crippen molar-refractivity contribution in [2.75, 3.05) is 34.0 Å². The van der Waals surface area contributed by atoms with E-state index in [1.807, 2.05) is 0 Å². The second kappa shape index (κ2) is 28.6. The number of rotatable bonds is 18. The molecule has 8 aliphatic rings. The lowest BCUT2D eigenvalue weighted by Crippen LogP contribution is -2.66. The van der Waals surface area contributed by atoms with Gasteiger partial charge in [-0.1, -0.05) is 12.2 Å². The maximum Gasteiger partial charge on any atom is 0.330 e. The molecular formula is C53H85O27+. The molecule has 0 aromatic heterocycles. The van der Waals surface area contributed by atoms with Gasteiger partial charge in [0.05, 0.1) is 61.4 Å². The molecule has 0 radical (unpaired) electrons. The van der Waals surface area contributed by atoms with Gasteiger partial charge in [-0.25, -0.2) is 9.59 Å². The van der Waals surface area contributed by atoms with Gasteiger partial charge >= 0.3 is 11.9 Å². The minimum absolute atomic E-state index is 0.00556. The van der Waals surface area contributed by atoms with Crippen LogP contribution < -0.4 is 0 Å². The predicted octanol–water partition coefficient (Wildman–Crippen LogP) is -5.29. The predicted molar refractivity (Wildman–Crippen MR) is 267 cm³/mol. The number of esters is 2. The van der Waals surface area contributed by atoms with E-state index in [1.54, 1.807) is 12.2 Å². The van der Waals surface area contributed by atoms with Gasteiger partial charge in [0.15, 0.2) is 31.1 Å². The number of carbonyl (C=O) groups excluding carboxylic acids is 2. The van der Waals surface area contributed by atoms with Gasteiger partial charge in [0.1, 0.15) is 92.6 Å². The first-order valence-corrected chi connectivity index (χ1v) is 28.0. The Kier molecular flexibility index (Phi) is 22.7. The fraction of sp³-hybridized carbons (Fsp3) is 0.887. The maximum atomic E-state index is 13.2. The SMILES string of the molecule is COC1CC(C=CC(=O)OCC2OC(OC3C(OC4CC5C(OC6OC(CO)C(O)C(O)C6O)CC(O)CC5[OH+]C4C4CCC(O)C(O)C4)OC(COC(=O)C=CC4CCC(O)C(OC)C4)C(O)C3O)C(O)C(O)C2O)CCC1O. The Labute approximate surface area is 462 Å². The van der Waals surface area contributed by atoms with E-state index in [9.17, 15) is 81.1 Å². The van der Waals surface area contributed by atoms with Crippen molar-refractivity contribution in [1.29, 1.82) is 0 Å². The number of carbonyl (C=O) groups is 2. The summed E-state index contributed by atoms with van der Waals surface area (Å²) in [4.78, 5) is 26.1. The molecule has 0 amide bonds. The monoisotopic (exact) mass is 1150 g/mol. The number of methoxy groups -OCH3 is 2. The van der Waals surface area contributed by atoms with Crippen molar-refractivity contribution >= 4 is 11.9 Å².